The maximum Gasteiger partial charge on any atom is 0.320 e. The molecule has 0 radical (unpaired) electrons. The SMILES string of the molecule is CC(C)(C)OC(=O)CNCC1CCCCC1O. The minimum atomic E-state index is -0.427. The number of hydrogen-bond acceptors (Lipinski definition) is 4. The second-order valence-corrected chi connectivity index (χ2v) is 5.83. The van der Waals surface area contributed by atoms with Gasteiger partial charge in [-0.15, -0.1) is 0 Å². The molecule has 4 heteroatoms. The van der Waals surface area contributed by atoms with E-state index in [2.05, 4.69) is 5.32 Å². The number of aliphatic hydroxyl groups excluding tert-OH is 1. The molecule has 0 aromatic carbocycles. The topological polar surface area (TPSA) is 58.6 Å². The molecule has 4 nitrogen and oxygen atoms in total. The van der Waals surface area contributed by atoms with Crippen LogP contribution in [0.3, 0.4) is 0 Å². The maximum absolute atomic E-state index is 11.4. The van der Waals surface area contributed by atoms with Crippen LogP contribution in [0.15, 0.2) is 0 Å². The van der Waals surface area contributed by atoms with E-state index >= 15 is 0 Å². The summed E-state index contributed by atoms with van der Waals surface area (Å²) in [5.74, 6) is 0.0500. The van der Waals surface area contributed by atoms with Crippen LogP contribution in [0.5, 0.6) is 0 Å². The fourth-order valence-electron chi connectivity index (χ4n) is 2.16. The number of carbonyl (C=O) groups excluding carboxylic acids is 1. The van der Waals surface area contributed by atoms with Gasteiger partial charge in [0.05, 0.1) is 12.6 Å². The Kier molecular flexibility index (Phi) is 5.40. The van der Waals surface area contributed by atoms with Gasteiger partial charge in [-0.1, -0.05) is 12.8 Å². The average Bonchev–Trinajstić information content (AvgIpc) is 2.18. The van der Waals surface area contributed by atoms with Crippen LogP contribution in [0.1, 0.15) is 46.5 Å². The van der Waals surface area contributed by atoms with E-state index in [0.717, 1.165) is 19.3 Å². The van der Waals surface area contributed by atoms with Crippen molar-refractivity contribution in [3.63, 3.8) is 0 Å². The molecule has 0 bridgehead atoms. The van der Waals surface area contributed by atoms with E-state index < -0.39 is 5.60 Å². The lowest BCUT2D eigenvalue weighted by Gasteiger charge is -2.27. The quantitative estimate of drug-likeness (QED) is 0.734. The number of ether oxygens (including phenoxy) is 1. The Morgan fingerprint density at radius 2 is 2.00 bits per heavy atom. The molecule has 2 N–H and O–H groups in total. The van der Waals surface area contributed by atoms with Gasteiger partial charge in [-0.3, -0.25) is 4.79 Å². The Bertz CT molecular complexity index is 248. The van der Waals surface area contributed by atoms with Crippen molar-refractivity contribution >= 4 is 5.97 Å². The van der Waals surface area contributed by atoms with Crippen molar-refractivity contribution in [1.82, 2.24) is 5.32 Å². The highest BCUT2D eigenvalue weighted by atomic mass is 16.6. The van der Waals surface area contributed by atoms with Crippen molar-refractivity contribution in [3.05, 3.63) is 0 Å². The molecule has 1 saturated carbocycles. The fraction of sp³-hybridized carbons (Fsp3) is 0.923. The van der Waals surface area contributed by atoms with Crippen molar-refractivity contribution in [2.45, 2.75) is 58.2 Å². The van der Waals surface area contributed by atoms with Crippen molar-refractivity contribution in [1.29, 1.82) is 0 Å². The first-order valence-electron chi connectivity index (χ1n) is 6.49. The van der Waals surface area contributed by atoms with E-state index in [4.69, 9.17) is 4.74 Å². The van der Waals surface area contributed by atoms with E-state index in [0.29, 0.717) is 6.54 Å². The summed E-state index contributed by atoms with van der Waals surface area (Å²) in [6, 6.07) is 0. The summed E-state index contributed by atoms with van der Waals surface area (Å²) in [5.41, 5.74) is -0.427. The van der Waals surface area contributed by atoms with Gasteiger partial charge in [0.25, 0.3) is 0 Å². The van der Waals surface area contributed by atoms with E-state index in [9.17, 15) is 9.90 Å². The first-order chi connectivity index (χ1) is 7.88. The number of esters is 1. The van der Waals surface area contributed by atoms with Crippen molar-refractivity contribution in [2.75, 3.05) is 13.1 Å². The molecule has 0 saturated heterocycles. The van der Waals surface area contributed by atoms with E-state index in [1.165, 1.54) is 6.42 Å². The predicted octanol–water partition coefficient (Wildman–Crippen LogP) is 1.47. The second-order valence-electron chi connectivity index (χ2n) is 5.83. The number of aliphatic hydroxyl groups is 1. The molecule has 0 heterocycles. The lowest BCUT2D eigenvalue weighted by atomic mass is 9.86. The molecule has 1 aliphatic carbocycles. The van der Waals surface area contributed by atoms with E-state index in [-0.39, 0.29) is 24.5 Å². The van der Waals surface area contributed by atoms with E-state index in [1.807, 2.05) is 20.8 Å². The number of nitrogens with one attached hydrogen (secondary N) is 1. The highest BCUT2D eigenvalue weighted by Gasteiger charge is 2.23. The molecule has 0 aromatic heterocycles. The van der Waals surface area contributed by atoms with Gasteiger partial charge in [0.2, 0.25) is 0 Å². The molecule has 1 aliphatic rings. The number of hydrogen-bond donors (Lipinski definition) is 2. The summed E-state index contributed by atoms with van der Waals surface area (Å²) in [6.07, 6.45) is 4.01. The van der Waals surface area contributed by atoms with Gasteiger partial charge in [0.1, 0.15) is 5.60 Å². The van der Waals surface area contributed by atoms with Crippen LogP contribution >= 0.6 is 0 Å². The molecule has 0 spiro atoms. The zero-order chi connectivity index (χ0) is 12.9. The summed E-state index contributed by atoms with van der Waals surface area (Å²) >= 11 is 0. The molecular weight excluding hydrogens is 218 g/mol. The van der Waals surface area contributed by atoms with Gasteiger partial charge in [0.15, 0.2) is 0 Å². The van der Waals surface area contributed by atoms with Crippen LogP contribution in [-0.4, -0.2) is 35.9 Å². The zero-order valence-electron chi connectivity index (χ0n) is 11.2. The van der Waals surface area contributed by atoms with Crippen molar-refractivity contribution in [3.8, 4) is 0 Å². The Morgan fingerprint density at radius 3 is 2.59 bits per heavy atom. The highest BCUT2D eigenvalue weighted by molar-refractivity contribution is 5.72. The second kappa shape index (κ2) is 6.36. The first kappa shape index (κ1) is 14.5. The Labute approximate surface area is 104 Å². The zero-order valence-corrected chi connectivity index (χ0v) is 11.2. The third kappa shape index (κ3) is 6.03. The molecule has 17 heavy (non-hydrogen) atoms. The van der Waals surface area contributed by atoms with Gasteiger partial charge < -0.3 is 15.2 Å². The van der Waals surface area contributed by atoms with Gasteiger partial charge in [-0.05, 0) is 39.5 Å². The fourth-order valence-corrected chi connectivity index (χ4v) is 2.16. The van der Waals surface area contributed by atoms with Gasteiger partial charge >= 0.3 is 5.97 Å². The molecule has 2 unspecified atom stereocenters. The Balaban J connectivity index is 2.16. The monoisotopic (exact) mass is 243 g/mol. The summed E-state index contributed by atoms with van der Waals surface area (Å²) in [6.45, 7) is 6.49. The molecule has 0 aromatic rings. The first-order valence-corrected chi connectivity index (χ1v) is 6.49. The van der Waals surface area contributed by atoms with Gasteiger partial charge in [-0.25, -0.2) is 0 Å². The standard InChI is InChI=1S/C13H25NO3/c1-13(2,3)17-12(16)9-14-8-10-6-4-5-7-11(10)15/h10-11,14-15H,4-9H2,1-3H3. The van der Waals surface area contributed by atoms with Crippen molar-refractivity contribution < 1.29 is 14.6 Å². The van der Waals surface area contributed by atoms with Crippen LogP contribution in [0.2, 0.25) is 0 Å². The minimum absolute atomic E-state index is 0.213. The smallest absolute Gasteiger partial charge is 0.320 e. The highest BCUT2D eigenvalue weighted by Crippen LogP contribution is 2.23. The maximum atomic E-state index is 11.4. The molecule has 0 amide bonds. The molecule has 1 fully saturated rings. The average molecular weight is 243 g/mol. The largest absolute Gasteiger partial charge is 0.459 e. The molecular formula is C13H25NO3. The Hall–Kier alpha value is -0.610. The third-order valence-electron chi connectivity index (χ3n) is 2.96. The molecule has 2 atom stereocenters. The lowest BCUT2D eigenvalue weighted by molar-refractivity contribution is -0.153. The van der Waals surface area contributed by atoms with Crippen LogP contribution in [0, 0.1) is 5.92 Å². The lowest BCUT2D eigenvalue weighted by Crippen LogP contribution is -2.37. The Morgan fingerprint density at radius 1 is 1.35 bits per heavy atom. The van der Waals surface area contributed by atoms with Crippen LogP contribution in [0.4, 0.5) is 0 Å². The van der Waals surface area contributed by atoms with Crippen LogP contribution in [0.25, 0.3) is 0 Å². The van der Waals surface area contributed by atoms with Crippen LogP contribution < -0.4 is 5.32 Å². The minimum Gasteiger partial charge on any atom is -0.459 e. The number of rotatable bonds is 4. The molecule has 0 aliphatic heterocycles. The van der Waals surface area contributed by atoms with Crippen LogP contribution in [-0.2, 0) is 9.53 Å². The molecule has 100 valence electrons. The van der Waals surface area contributed by atoms with Gasteiger partial charge in [-0.2, -0.15) is 0 Å². The predicted molar refractivity (Wildman–Crippen MR) is 66.7 cm³/mol. The van der Waals surface area contributed by atoms with Gasteiger partial charge in [0, 0.05) is 6.54 Å². The third-order valence-corrected chi connectivity index (χ3v) is 2.96. The number of carbonyl (C=O) groups is 1. The summed E-state index contributed by atoms with van der Waals surface area (Å²) in [5, 5.41) is 12.8. The summed E-state index contributed by atoms with van der Waals surface area (Å²) in [7, 11) is 0. The van der Waals surface area contributed by atoms with E-state index in [1.54, 1.807) is 0 Å². The molecule has 1 rings (SSSR count). The summed E-state index contributed by atoms with van der Waals surface area (Å²) in [4.78, 5) is 11.4. The normalized spacial score (nSPS) is 25.6. The summed E-state index contributed by atoms with van der Waals surface area (Å²) < 4.78 is 5.19. The van der Waals surface area contributed by atoms with Crippen molar-refractivity contribution in [2.24, 2.45) is 5.92 Å².